The number of phenols is 3. The number of esters is 3. The van der Waals surface area contributed by atoms with Gasteiger partial charge in [-0.2, -0.15) is 0 Å². The Morgan fingerprint density at radius 2 is 1.10 bits per heavy atom. The van der Waals surface area contributed by atoms with Gasteiger partial charge in [0.15, 0.2) is 18.0 Å². The second kappa shape index (κ2) is 38.7. The average molecular weight is 1170 g/mol. The van der Waals surface area contributed by atoms with Crippen LogP contribution < -0.4 is 5.32 Å². The van der Waals surface area contributed by atoms with Crippen molar-refractivity contribution in [2.24, 2.45) is 0 Å². The van der Waals surface area contributed by atoms with E-state index in [9.17, 15) is 53.9 Å². The number of anilines is 1. The number of fused-ring (bicyclic) bond motifs is 3. The Morgan fingerprint density at radius 3 is 1.61 bits per heavy atom. The highest BCUT2D eigenvalue weighted by molar-refractivity contribution is 7.47. The maximum Gasteiger partial charge on any atom is 0.472 e. The third-order valence-corrected chi connectivity index (χ3v) is 16.5. The van der Waals surface area contributed by atoms with E-state index in [0.717, 1.165) is 58.5 Å². The first kappa shape index (κ1) is 69.4. The molecule has 0 spiro atoms. The number of aliphatic hydroxyl groups excluding tert-OH is 1. The Hall–Kier alpha value is -5.06. The third kappa shape index (κ3) is 22.8. The van der Waals surface area contributed by atoms with Crippen molar-refractivity contribution in [3.63, 3.8) is 0 Å². The Morgan fingerprint density at radius 1 is 0.610 bits per heavy atom. The van der Waals surface area contributed by atoms with Crippen LogP contribution in [0.5, 0.6) is 17.2 Å². The summed E-state index contributed by atoms with van der Waals surface area (Å²) in [6, 6.07) is 5.37. The Labute approximate surface area is 487 Å². The molecule has 3 unspecified atom stereocenters. The summed E-state index contributed by atoms with van der Waals surface area (Å²) in [6.07, 6.45) is 32.7. The lowest BCUT2D eigenvalue weighted by molar-refractivity contribution is -0.168. The van der Waals surface area contributed by atoms with Gasteiger partial charge in [-0.15, -0.1) is 0 Å². The van der Waals surface area contributed by atoms with Gasteiger partial charge in [0.25, 0.3) is 0 Å². The predicted molar refractivity (Wildman–Crippen MR) is 319 cm³/mol. The van der Waals surface area contributed by atoms with Crippen molar-refractivity contribution in [2.45, 2.75) is 245 Å². The van der Waals surface area contributed by atoms with Gasteiger partial charge >= 0.3 is 25.7 Å². The molecule has 6 N–H and O–H groups in total. The third-order valence-electron chi connectivity index (χ3n) is 15.5. The van der Waals surface area contributed by atoms with Gasteiger partial charge < -0.3 is 44.8 Å². The van der Waals surface area contributed by atoms with Crippen LogP contribution in [-0.4, -0.2) is 100 Å². The topological polar surface area (TPSA) is 262 Å². The van der Waals surface area contributed by atoms with Crippen molar-refractivity contribution < 1.29 is 77.1 Å². The summed E-state index contributed by atoms with van der Waals surface area (Å²) < 4.78 is 39.8. The van der Waals surface area contributed by atoms with E-state index in [0.29, 0.717) is 12.8 Å². The molecule has 17 nitrogen and oxygen atoms in total. The number of carbonyl (C=O) groups is 5. The number of ether oxygens (including phenoxy) is 3. The number of aryl methyl sites for hydroxylation is 1. The molecule has 0 aliphatic heterocycles. The molecule has 1 aliphatic rings. The number of carbonyl (C=O) groups excluding carboxylic acids is 5. The monoisotopic (exact) mass is 1170 g/mol. The molecule has 0 amide bonds. The number of methoxy groups -OCH3 is 1. The highest BCUT2D eigenvalue weighted by Crippen LogP contribution is 2.49. The SMILES string of the molecule is CCCCCCCCCCCCCCCCCCC(=O)OCC(COP(=O)(O)OCCNc1cc(CC)c(C(=O)OC)c2c1C(=O)c1c(c(O)c3cccc(O)c3c1O)C2=O)OC(=O)C(O)CCCCCCCCCCCCCCCC. The average Bonchev–Trinajstić information content (AvgIpc) is 1.04. The quantitative estimate of drug-likeness (QED) is 0.00790. The zero-order valence-electron chi connectivity index (χ0n) is 49.8. The molecule has 82 heavy (non-hydrogen) atoms. The van der Waals surface area contributed by atoms with E-state index in [2.05, 4.69) is 19.2 Å². The predicted octanol–water partition coefficient (Wildman–Crippen LogP) is 15.0. The minimum absolute atomic E-state index is 0.0296. The fourth-order valence-corrected chi connectivity index (χ4v) is 11.5. The van der Waals surface area contributed by atoms with Crippen molar-refractivity contribution in [2.75, 3.05) is 38.8 Å². The van der Waals surface area contributed by atoms with Crippen LogP contribution in [0, 0.1) is 0 Å². The normalized spacial score (nSPS) is 13.6. The Kier molecular flexibility index (Phi) is 32.8. The lowest BCUT2D eigenvalue weighted by atomic mass is 9.77. The van der Waals surface area contributed by atoms with Crippen molar-refractivity contribution in [3.05, 3.63) is 57.6 Å². The number of hydrogen-bond acceptors (Lipinski definition) is 16. The van der Waals surface area contributed by atoms with Gasteiger partial charge in [0.1, 0.15) is 23.9 Å². The number of nitrogens with one attached hydrogen (secondary N) is 1. The summed E-state index contributed by atoms with van der Waals surface area (Å²) in [6.45, 7) is 4.05. The molecule has 0 heterocycles. The van der Waals surface area contributed by atoms with Crippen LogP contribution in [0.15, 0.2) is 24.3 Å². The number of hydrogen-bond donors (Lipinski definition) is 6. The van der Waals surface area contributed by atoms with Crippen molar-refractivity contribution in [1.29, 1.82) is 0 Å². The zero-order chi connectivity index (χ0) is 59.7. The minimum Gasteiger partial charge on any atom is -0.507 e. The maximum atomic E-state index is 14.4. The standard InChI is InChI=1S/C64H98NO16P/c1-5-8-10-12-14-16-18-20-22-23-25-27-29-31-33-35-40-52(68)78-44-47(81-63(73)51(67)38-34-32-30-28-26-24-21-19-17-15-13-11-9-6-2)45-80-82(75,76)79-42-41-65-49-43-46(7-3)53(64(74)77-4)56-55(49)61(71)58-57(62(56)72)59(69)48-37-36-39-50(66)54(48)60(58)70/h36-37,39,43,47,51,65-67,69-70H,5-35,38,40-42,44-45H2,1-4H3,(H,75,76). The summed E-state index contributed by atoms with van der Waals surface area (Å²) >= 11 is 0. The summed E-state index contributed by atoms with van der Waals surface area (Å²) in [5.41, 5.74) is -1.96. The first-order chi connectivity index (χ1) is 39.6. The van der Waals surface area contributed by atoms with Crippen LogP contribution in [-0.2, 0) is 43.8 Å². The molecular formula is C64H98NO16P. The number of benzene rings is 3. The smallest absolute Gasteiger partial charge is 0.472 e. The zero-order valence-corrected chi connectivity index (χ0v) is 50.7. The van der Waals surface area contributed by atoms with E-state index in [1.165, 1.54) is 153 Å². The van der Waals surface area contributed by atoms with Crippen LogP contribution in [0.4, 0.5) is 5.69 Å². The Bertz CT molecular complexity index is 2510. The van der Waals surface area contributed by atoms with Crippen molar-refractivity contribution in [1.82, 2.24) is 0 Å². The van der Waals surface area contributed by atoms with E-state index in [1.807, 2.05) is 0 Å². The molecule has 0 saturated carbocycles. The number of phenolic OH excluding ortho intramolecular Hbond substituents is 3. The van der Waals surface area contributed by atoms with E-state index >= 15 is 0 Å². The second-order valence-electron chi connectivity index (χ2n) is 22.1. The number of aromatic hydroxyl groups is 3. The van der Waals surface area contributed by atoms with E-state index in [-0.39, 0.29) is 59.0 Å². The van der Waals surface area contributed by atoms with Crippen LogP contribution in [0.1, 0.15) is 274 Å². The number of unbranched alkanes of at least 4 members (excludes halogenated alkanes) is 28. The first-order valence-electron chi connectivity index (χ1n) is 31.1. The van der Waals surface area contributed by atoms with E-state index in [1.54, 1.807) is 6.92 Å². The van der Waals surface area contributed by atoms with E-state index in [4.69, 9.17) is 23.3 Å². The van der Waals surface area contributed by atoms with Gasteiger partial charge in [0.2, 0.25) is 5.78 Å². The molecule has 0 radical (unpaired) electrons. The molecule has 0 bridgehead atoms. The number of rotatable bonds is 46. The fraction of sp³-hybridized carbons (Fsp3) is 0.672. The van der Waals surface area contributed by atoms with Gasteiger partial charge in [-0.3, -0.25) is 23.4 Å². The molecule has 3 atom stereocenters. The molecule has 0 saturated heterocycles. The molecule has 0 fully saturated rings. The molecule has 3 aromatic carbocycles. The highest BCUT2D eigenvalue weighted by Gasteiger charge is 2.42. The molecule has 460 valence electrons. The summed E-state index contributed by atoms with van der Waals surface area (Å²) in [7, 11) is -3.85. The molecular weight excluding hydrogens is 1070 g/mol. The lowest BCUT2D eigenvalue weighted by Crippen LogP contribution is -2.34. The minimum atomic E-state index is -4.95. The van der Waals surface area contributed by atoms with Gasteiger partial charge in [-0.05, 0) is 37.0 Å². The Balaban J connectivity index is 1.31. The maximum absolute atomic E-state index is 14.4. The van der Waals surface area contributed by atoms with Crippen LogP contribution in [0.25, 0.3) is 10.8 Å². The second-order valence-corrected chi connectivity index (χ2v) is 23.5. The van der Waals surface area contributed by atoms with Gasteiger partial charge in [-0.25, -0.2) is 14.2 Å². The number of phosphoric acid groups is 1. The van der Waals surface area contributed by atoms with Gasteiger partial charge in [-0.1, -0.05) is 219 Å². The number of phosphoric ester groups is 1. The summed E-state index contributed by atoms with van der Waals surface area (Å²) in [4.78, 5) is 78.9. The molecule has 3 aromatic rings. The summed E-state index contributed by atoms with van der Waals surface area (Å²) in [5, 5.41) is 46.6. The lowest BCUT2D eigenvalue weighted by Gasteiger charge is -2.26. The van der Waals surface area contributed by atoms with E-state index < -0.39 is 103 Å². The van der Waals surface area contributed by atoms with Gasteiger partial charge in [0.05, 0.1) is 53.5 Å². The molecule has 1 aliphatic carbocycles. The number of ketones is 2. The fourth-order valence-electron chi connectivity index (χ4n) is 10.8. The van der Waals surface area contributed by atoms with Crippen molar-refractivity contribution in [3.8, 4) is 17.2 Å². The van der Waals surface area contributed by atoms with Crippen LogP contribution >= 0.6 is 7.82 Å². The molecule has 4 rings (SSSR count). The highest BCUT2D eigenvalue weighted by atomic mass is 31.2. The first-order valence-corrected chi connectivity index (χ1v) is 32.6. The van der Waals surface area contributed by atoms with Gasteiger partial charge in [0, 0.05) is 24.0 Å². The number of aliphatic hydroxyl groups is 1. The van der Waals surface area contributed by atoms with Crippen LogP contribution in [0.2, 0.25) is 0 Å². The largest absolute Gasteiger partial charge is 0.507 e. The summed E-state index contributed by atoms with van der Waals surface area (Å²) in [5.74, 6) is -6.38. The molecule has 18 heteroatoms. The van der Waals surface area contributed by atoms with Crippen molar-refractivity contribution >= 4 is 53.8 Å². The van der Waals surface area contributed by atoms with Crippen LogP contribution in [0.3, 0.4) is 0 Å². The molecule has 0 aromatic heterocycles.